The topological polar surface area (TPSA) is 69.0 Å². The normalized spacial score (nSPS) is 10.8. The Labute approximate surface area is 202 Å². The van der Waals surface area contributed by atoms with Crippen LogP contribution in [0.4, 0.5) is 5.69 Å². The number of hydrogen-bond acceptors (Lipinski definition) is 5. The number of anilines is 1. The van der Waals surface area contributed by atoms with Crippen LogP contribution in [-0.2, 0) is 4.79 Å². The van der Waals surface area contributed by atoms with E-state index in [-0.39, 0.29) is 11.7 Å². The van der Waals surface area contributed by atoms with Crippen molar-refractivity contribution >= 4 is 35.0 Å². The fourth-order valence-corrected chi connectivity index (χ4v) is 4.44. The molecule has 1 amide bonds. The van der Waals surface area contributed by atoms with Gasteiger partial charge in [0.25, 0.3) is 0 Å². The number of hydrogen-bond donors (Lipinski definition) is 1. The lowest BCUT2D eigenvalue weighted by Gasteiger charge is -2.12. The number of thioether (sulfide) groups is 1. The molecule has 3 aromatic carbocycles. The summed E-state index contributed by atoms with van der Waals surface area (Å²) in [5.41, 5.74) is 4.67. The molecule has 4 aromatic rings. The van der Waals surface area contributed by atoms with Crippen LogP contribution in [0.5, 0.6) is 5.75 Å². The van der Waals surface area contributed by atoms with Crippen molar-refractivity contribution in [1.82, 2.24) is 14.8 Å². The Morgan fingerprint density at radius 1 is 1.06 bits per heavy atom. The van der Waals surface area contributed by atoms with E-state index in [1.54, 1.807) is 19.2 Å². The van der Waals surface area contributed by atoms with E-state index in [2.05, 4.69) is 15.5 Å². The van der Waals surface area contributed by atoms with Gasteiger partial charge in [0.2, 0.25) is 5.91 Å². The first-order valence-electron chi connectivity index (χ1n) is 10.3. The van der Waals surface area contributed by atoms with E-state index in [9.17, 15) is 4.79 Å². The molecule has 0 aliphatic carbocycles. The van der Waals surface area contributed by atoms with Crippen LogP contribution in [-0.4, -0.2) is 33.5 Å². The second-order valence-corrected chi connectivity index (χ2v) is 8.83. The number of carbonyl (C=O) groups excluding carboxylic acids is 1. The summed E-state index contributed by atoms with van der Waals surface area (Å²) < 4.78 is 7.18. The number of aryl methyl sites for hydroxylation is 2. The van der Waals surface area contributed by atoms with Crippen molar-refractivity contribution < 1.29 is 9.53 Å². The number of nitrogens with zero attached hydrogens (tertiary/aromatic N) is 3. The molecule has 8 heteroatoms. The van der Waals surface area contributed by atoms with Crippen LogP contribution in [0.2, 0.25) is 5.02 Å². The minimum atomic E-state index is -0.115. The lowest BCUT2D eigenvalue weighted by atomic mass is 10.1. The molecule has 6 nitrogen and oxygen atoms in total. The summed E-state index contributed by atoms with van der Waals surface area (Å²) in [6.07, 6.45) is 0. The standard InChI is InChI=1S/C25H23ClN4O2S/c1-16-9-11-21(17(2)13-16)27-23(31)15-33-25-29-28-24(18-7-5-4-6-8-18)30(25)19-10-12-22(32-3)20(26)14-19/h4-14H,15H2,1-3H3,(H,27,31). The smallest absolute Gasteiger partial charge is 0.234 e. The van der Waals surface area contributed by atoms with Gasteiger partial charge in [-0.2, -0.15) is 0 Å². The number of carbonyl (C=O) groups is 1. The quantitative estimate of drug-likeness (QED) is 0.333. The highest BCUT2D eigenvalue weighted by atomic mass is 35.5. The van der Waals surface area contributed by atoms with Crippen molar-refractivity contribution in [2.24, 2.45) is 0 Å². The average molecular weight is 479 g/mol. The number of methoxy groups -OCH3 is 1. The SMILES string of the molecule is COc1ccc(-n2c(SCC(=O)Nc3ccc(C)cc3C)nnc2-c2ccccc2)cc1Cl. The highest BCUT2D eigenvalue weighted by Crippen LogP contribution is 2.32. The molecular weight excluding hydrogens is 456 g/mol. The summed E-state index contributed by atoms with van der Waals surface area (Å²) >= 11 is 7.70. The first kappa shape index (κ1) is 22.9. The molecule has 168 valence electrons. The first-order chi connectivity index (χ1) is 16.0. The van der Waals surface area contributed by atoms with E-state index >= 15 is 0 Å². The molecule has 1 aromatic heterocycles. The Kier molecular flexibility index (Phi) is 7.01. The van der Waals surface area contributed by atoms with Crippen LogP contribution < -0.4 is 10.1 Å². The number of benzene rings is 3. The van der Waals surface area contributed by atoms with Gasteiger partial charge in [0.15, 0.2) is 11.0 Å². The van der Waals surface area contributed by atoms with Crippen molar-refractivity contribution in [1.29, 1.82) is 0 Å². The van der Waals surface area contributed by atoms with Gasteiger partial charge in [-0.1, -0.05) is 71.4 Å². The second-order valence-electron chi connectivity index (χ2n) is 7.48. The van der Waals surface area contributed by atoms with Gasteiger partial charge in [0.05, 0.1) is 23.6 Å². The molecular formula is C25H23ClN4O2S. The molecule has 0 saturated heterocycles. The van der Waals surface area contributed by atoms with E-state index in [4.69, 9.17) is 16.3 Å². The number of amides is 1. The fraction of sp³-hybridized carbons (Fsp3) is 0.160. The van der Waals surface area contributed by atoms with Gasteiger partial charge in [0, 0.05) is 11.3 Å². The van der Waals surface area contributed by atoms with Gasteiger partial charge >= 0.3 is 0 Å². The first-order valence-corrected chi connectivity index (χ1v) is 11.7. The van der Waals surface area contributed by atoms with Crippen LogP contribution in [0.1, 0.15) is 11.1 Å². The largest absolute Gasteiger partial charge is 0.495 e. The summed E-state index contributed by atoms with van der Waals surface area (Å²) in [6.45, 7) is 4.00. The molecule has 0 unspecified atom stereocenters. The monoisotopic (exact) mass is 478 g/mol. The number of aromatic nitrogens is 3. The van der Waals surface area contributed by atoms with Crippen molar-refractivity contribution in [2.45, 2.75) is 19.0 Å². The van der Waals surface area contributed by atoms with Crippen molar-refractivity contribution in [3.8, 4) is 22.8 Å². The number of rotatable bonds is 7. The summed E-state index contributed by atoms with van der Waals surface area (Å²) in [5.74, 6) is 1.31. The van der Waals surface area contributed by atoms with Gasteiger partial charge in [-0.25, -0.2) is 0 Å². The Bertz CT molecular complexity index is 1290. The molecule has 1 heterocycles. The van der Waals surface area contributed by atoms with Crippen LogP contribution in [0, 0.1) is 13.8 Å². The van der Waals surface area contributed by atoms with Crippen LogP contribution in [0.25, 0.3) is 17.1 Å². The number of halogens is 1. The molecule has 1 N–H and O–H groups in total. The van der Waals surface area contributed by atoms with Crippen LogP contribution >= 0.6 is 23.4 Å². The minimum Gasteiger partial charge on any atom is -0.495 e. The molecule has 0 radical (unpaired) electrons. The summed E-state index contributed by atoms with van der Waals surface area (Å²) in [5, 5.41) is 12.8. The predicted molar refractivity (Wildman–Crippen MR) is 134 cm³/mol. The third kappa shape index (κ3) is 5.21. The molecule has 33 heavy (non-hydrogen) atoms. The molecule has 0 spiro atoms. The molecule has 4 rings (SSSR count). The molecule has 0 aliphatic rings. The van der Waals surface area contributed by atoms with E-state index in [1.807, 2.05) is 73.0 Å². The Morgan fingerprint density at radius 3 is 2.55 bits per heavy atom. The lowest BCUT2D eigenvalue weighted by molar-refractivity contribution is -0.113. The zero-order chi connectivity index (χ0) is 23.4. The van der Waals surface area contributed by atoms with Crippen molar-refractivity contribution in [3.05, 3.63) is 82.9 Å². The zero-order valence-corrected chi connectivity index (χ0v) is 20.1. The van der Waals surface area contributed by atoms with Gasteiger partial charge < -0.3 is 10.1 Å². The minimum absolute atomic E-state index is 0.115. The second kappa shape index (κ2) is 10.1. The van der Waals surface area contributed by atoms with E-state index in [0.29, 0.717) is 21.8 Å². The van der Waals surface area contributed by atoms with Gasteiger partial charge in [0.1, 0.15) is 5.75 Å². The predicted octanol–water partition coefficient (Wildman–Crippen LogP) is 5.94. The summed E-state index contributed by atoms with van der Waals surface area (Å²) in [4.78, 5) is 12.7. The maximum atomic E-state index is 12.7. The van der Waals surface area contributed by atoms with E-state index < -0.39 is 0 Å². The Morgan fingerprint density at radius 2 is 1.85 bits per heavy atom. The number of nitrogens with one attached hydrogen (secondary N) is 1. The molecule has 0 atom stereocenters. The van der Waals surface area contributed by atoms with E-state index in [1.165, 1.54) is 11.8 Å². The van der Waals surface area contributed by atoms with Crippen molar-refractivity contribution in [3.63, 3.8) is 0 Å². The molecule has 0 bridgehead atoms. The fourth-order valence-electron chi connectivity index (χ4n) is 3.43. The highest BCUT2D eigenvalue weighted by Gasteiger charge is 2.18. The van der Waals surface area contributed by atoms with Gasteiger partial charge in [-0.3, -0.25) is 9.36 Å². The molecule has 0 aliphatic heterocycles. The lowest BCUT2D eigenvalue weighted by Crippen LogP contribution is -2.15. The highest BCUT2D eigenvalue weighted by molar-refractivity contribution is 7.99. The Balaban J connectivity index is 1.62. The van der Waals surface area contributed by atoms with Crippen LogP contribution in [0.15, 0.2) is 71.9 Å². The summed E-state index contributed by atoms with van der Waals surface area (Å²) in [6, 6.07) is 21.2. The average Bonchev–Trinajstić information content (AvgIpc) is 3.24. The third-order valence-electron chi connectivity index (χ3n) is 5.05. The molecule has 0 fully saturated rings. The molecule has 0 saturated carbocycles. The third-order valence-corrected chi connectivity index (χ3v) is 6.27. The van der Waals surface area contributed by atoms with Gasteiger partial charge in [-0.05, 0) is 43.7 Å². The number of ether oxygens (including phenoxy) is 1. The maximum absolute atomic E-state index is 12.7. The van der Waals surface area contributed by atoms with Crippen molar-refractivity contribution in [2.75, 3.05) is 18.2 Å². The van der Waals surface area contributed by atoms with Crippen LogP contribution in [0.3, 0.4) is 0 Å². The zero-order valence-electron chi connectivity index (χ0n) is 18.5. The maximum Gasteiger partial charge on any atom is 0.234 e. The summed E-state index contributed by atoms with van der Waals surface area (Å²) in [7, 11) is 1.57. The van der Waals surface area contributed by atoms with Gasteiger partial charge in [-0.15, -0.1) is 10.2 Å². The van der Waals surface area contributed by atoms with E-state index in [0.717, 1.165) is 28.1 Å². The Hall–Kier alpha value is -3.29.